The fraction of sp³-hybridized carbons (Fsp3) is 0.417. The van der Waals surface area contributed by atoms with E-state index in [1.54, 1.807) is 0 Å². The quantitative estimate of drug-likeness (QED) is 0.536. The van der Waals surface area contributed by atoms with Gasteiger partial charge in [0.1, 0.15) is 0 Å². The van der Waals surface area contributed by atoms with E-state index in [1.165, 1.54) is 28.7 Å². The molecule has 146 valence electrons. The van der Waals surface area contributed by atoms with E-state index in [2.05, 4.69) is 58.4 Å². The number of benzene rings is 2. The van der Waals surface area contributed by atoms with Crippen LogP contribution in [0.3, 0.4) is 0 Å². The number of rotatable bonds is 2. The first-order valence-corrected chi connectivity index (χ1v) is 10.4. The summed E-state index contributed by atoms with van der Waals surface area (Å²) >= 11 is 0. The van der Waals surface area contributed by atoms with Gasteiger partial charge < -0.3 is 9.64 Å². The fourth-order valence-corrected chi connectivity index (χ4v) is 4.30. The molecule has 4 rings (SSSR count). The molecular weight excluding hydrogens is 348 g/mol. The van der Waals surface area contributed by atoms with Crippen LogP contribution >= 0.6 is 0 Å². The standard InChI is InChI=1S/C24H28N2O2/c1-2-28-24(25-23(27)18-10-4-3-5-11-18)26-16-19-12-6-8-14-21(19)22-15-9-7-13-20(22)17-26/h6-9,12-15,18H,2-5,10-11,16-17H2,1H3. The maximum absolute atomic E-state index is 12.8. The molecule has 1 amide bonds. The lowest BCUT2D eigenvalue weighted by Gasteiger charge is -2.25. The van der Waals surface area contributed by atoms with E-state index in [1.807, 2.05) is 6.92 Å². The molecule has 0 bridgehead atoms. The summed E-state index contributed by atoms with van der Waals surface area (Å²) in [5.41, 5.74) is 4.94. The monoisotopic (exact) mass is 376 g/mol. The third-order valence-electron chi connectivity index (χ3n) is 5.75. The topological polar surface area (TPSA) is 41.9 Å². The van der Waals surface area contributed by atoms with E-state index in [4.69, 9.17) is 4.74 Å². The lowest BCUT2D eigenvalue weighted by molar-refractivity contribution is -0.122. The molecular formula is C24H28N2O2. The van der Waals surface area contributed by atoms with Crippen LogP contribution in [0.15, 0.2) is 53.5 Å². The van der Waals surface area contributed by atoms with Crippen LogP contribution in [0.4, 0.5) is 0 Å². The summed E-state index contributed by atoms with van der Waals surface area (Å²) in [4.78, 5) is 19.4. The minimum Gasteiger partial charge on any atom is -0.465 e. The Morgan fingerprint density at radius 1 is 0.964 bits per heavy atom. The Balaban J connectivity index is 1.68. The molecule has 1 aliphatic heterocycles. The van der Waals surface area contributed by atoms with E-state index >= 15 is 0 Å². The minimum absolute atomic E-state index is 0.0195. The molecule has 4 heteroatoms. The molecule has 4 nitrogen and oxygen atoms in total. The highest BCUT2D eigenvalue weighted by Crippen LogP contribution is 2.33. The molecule has 0 saturated heterocycles. The highest BCUT2D eigenvalue weighted by atomic mass is 16.5. The van der Waals surface area contributed by atoms with Crippen molar-refractivity contribution in [1.29, 1.82) is 0 Å². The summed E-state index contributed by atoms with van der Waals surface area (Å²) in [6.07, 6.45) is 5.38. The maximum atomic E-state index is 12.8. The van der Waals surface area contributed by atoms with Gasteiger partial charge in [0.25, 0.3) is 11.9 Å². The van der Waals surface area contributed by atoms with E-state index in [0.29, 0.717) is 25.7 Å². The van der Waals surface area contributed by atoms with Gasteiger partial charge in [0.2, 0.25) is 0 Å². The number of hydrogen-bond donors (Lipinski definition) is 0. The van der Waals surface area contributed by atoms with Gasteiger partial charge in [0.05, 0.1) is 6.61 Å². The maximum Gasteiger partial charge on any atom is 0.295 e. The second-order valence-electron chi connectivity index (χ2n) is 7.67. The smallest absolute Gasteiger partial charge is 0.295 e. The van der Waals surface area contributed by atoms with Gasteiger partial charge in [-0.25, -0.2) is 0 Å². The summed E-state index contributed by atoms with van der Waals surface area (Å²) in [5.74, 6) is 0.0322. The summed E-state index contributed by atoms with van der Waals surface area (Å²) in [6.45, 7) is 3.81. The molecule has 2 aromatic carbocycles. The molecule has 2 aliphatic rings. The van der Waals surface area contributed by atoms with Gasteiger partial charge in [-0.15, -0.1) is 0 Å². The van der Waals surface area contributed by atoms with Crippen molar-refractivity contribution in [2.75, 3.05) is 6.61 Å². The third kappa shape index (κ3) is 3.96. The van der Waals surface area contributed by atoms with Crippen molar-refractivity contribution in [3.63, 3.8) is 0 Å². The molecule has 1 aliphatic carbocycles. The predicted octanol–water partition coefficient (Wildman–Crippen LogP) is 5.17. The second-order valence-corrected chi connectivity index (χ2v) is 7.67. The Hall–Kier alpha value is -2.62. The van der Waals surface area contributed by atoms with Crippen LogP contribution in [0, 0.1) is 5.92 Å². The first-order valence-electron chi connectivity index (χ1n) is 10.4. The average Bonchev–Trinajstić information content (AvgIpc) is 2.91. The normalized spacial score (nSPS) is 17.5. The van der Waals surface area contributed by atoms with Gasteiger partial charge in [-0.1, -0.05) is 67.8 Å². The van der Waals surface area contributed by atoms with Crippen LogP contribution < -0.4 is 0 Å². The van der Waals surface area contributed by atoms with Crippen molar-refractivity contribution in [2.24, 2.45) is 10.9 Å². The van der Waals surface area contributed by atoms with Crippen molar-refractivity contribution in [1.82, 2.24) is 4.90 Å². The Morgan fingerprint density at radius 2 is 1.54 bits per heavy atom. The van der Waals surface area contributed by atoms with Gasteiger partial charge >= 0.3 is 0 Å². The van der Waals surface area contributed by atoms with Crippen LogP contribution in [-0.2, 0) is 22.6 Å². The van der Waals surface area contributed by atoms with Crippen molar-refractivity contribution in [3.05, 3.63) is 59.7 Å². The predicted molar refractivity (Wildman–Crippen MR) is 112 cm³/mol. The van der Waals surface area contributed by atoms with Crippen molar-refractivity contribution in [2.45, 2.75) is 52.1 Å². The zero-order valence-electron chi connectivity index (χ0n) is 16.6. The van der Waals surface area contributed by atoms with E-state index in [-0.39, 0.29) is 11.8 Å². The zero-order chi connectivity index (χ0) is 19.3. The van der Waals surface area contributed by atoms with E-state index < -0.39 is 0 Å². The third-order valence-corrected chi connectivity index (χ3v) is 5.75. The van der Waals surface area contributed by atoms with Gasteiger partial charge in [-0.3, -0.25) is 4.79 Å². The minimum atomic E-state index is -0.0195. The molecule has 1 saturated carbocycles. The average molecular weight is 377 g/mol. The summed E-state index contributed by atoms with van der Waals surface area (Å²) < 4.78 is 5.88. The van der Waals surface area contributed by atoms with Crippen LogP contribution in [-0.4, -0.2) is 23.4 Å². The lowest BCUT2D eigenvalue weighted by Crippen LogP contribution is -2.33. The molecule has 1 fully saturated rings. The number of carbonyl (C=O) groups excluding carboxylic acids is 1. The Kier molecular flexibility index (Phi) is 5.75. The van der Waals surface area contributed by atoms with Crippen molar-refractivity contribution in [3.8, 4) is 11.1 Å². The Bertz CT molecular complexity index is 821. The first-order chi connectivity index (χ1) is 13.8. The van der Waals surface area contributed by atoms with Crippen LogP contribution in [0.2, 0.25) is 0 Å². The SMILES string of the molecule is CCOC(=NC(=O)C1CCCCC1)N1Cc2ccccc2-c2ccccc2C1. The van der Waals surface area contributed by atoms with Crippen molar-refractivity contribution < 1.29 is 9.53 Å². The summed E-state index contributed by atoms with van der Waals surface area (Å²) in [5, 5.41) is 0. The van der Waals surface area contributed by atoms with Gasteiger partial charge in [0, 0.05) is 19.0 Å². The molecule has 0 unspecified atom stereocenters. The van der Waals surface area contributed by atoms with Crippen molar-refractivity contribution >= 4 is 11.9 Å². The highest BCUT2D eigenvalue weighted by Gasteiger charge is 2.26. The van der Waals surface area contributed by atoms with Crippen LogP contribution in [0.25, 0.3) is 11.1 Å². The number of nitrogens with zero attached hydrogens (tertiary/aromatic N) is 2. The number of fused-ring (bicyclic) bond motifs is 3. The molecule has 0 spiro atoms. The molecule has 2 aromatic rings. The van der Waals surface area contributed by atoms with Gasteiger partial charge in [-0.05, 0) is 42.0 Å². The highest BCUT2D eigenvalue weighted by molar-refractivity contribution is 5.92. The molecule has 1 heterocycles. The number of ether oxygens (including phenoxy) is 1. The molecule has 0 radical (unpaired) electrons. The summed E-state index contributed by atoms with van der Waals surface area (Å²) in [7, 11) is 0. The zero-order valence-corrected chi connectivity index (χ0v) is 16.6. The summed E-state index contributed by atoms with van der Waals surface area (Å²) in [6, 6.07) is 17.4. The lowest BCUT2D eigenvalue weighted by atomic mass is 9.89. The first kappa shape index (κ1) is 18.7. The molecule has 0 N–H and O–H groups in total. The fourth-order valence-electron chi connectivity index (χ4n) is 4.30. The number of carbonyl (C=O) groups is 1. The number of hydrogen-bond acceptors (Lipinski definition) is 2. The van der Waals surface area contributed by atoms with Gasteiger partial charge in [-0.2, -0.15) is 4.99 Å². The number of amides is 1. The Morgan fingerprint density at radius 3 is 2.11 bits per heavy atom. The van der Waals surface area contributed by atoms with Crippen LogP contribution in [0.1, 0.15) is 50.2 Å². The molecule has 28 heavy (non-hydrogen) atoms. The Labute approximate surface area is 167 Å². The van der Waals surface area contributed by atoms with E-state index in [9.17, 15) is 4.79 Å². The molecule has 0 atom stereocenters. The van der Waals surface area contributed by atoms with E-state index in [0.717, 1.165) is 25.7 Å². The molecule has 0 aromatic heterocycles. The number of aliphatic imine (C=N–C) groups is 1. The number of amidine groups is 1. The second kappa shape index (κ2) is 8.59. The largest absolute Gasteiger partial charge is 0.465 e. The van der Waals surface area contributed by atoms with Crippen LogP contribution in [0.5, 0.6) is 0 Å². The van der Waals surface area contributed by atoms with Gasteiger partial charge in [0.15, 0.2) is 0 Å².